The van der Waals surface area contributed by atoms with Crippen molar-refractivity contribution in [2.45, 2.75) is 91.4 Å². The summed E-state index contributed by atoms with van der Waals surface area (Å²) in [6.45, 7) is 12.0. The predicted molar refractivity (Wildman–Crippen MR) is 118 cm³/mol. The van der Waals surface area contributed by atoms with Gasteiger partial charge >= 0.3 is 18.0 Å². The first kappa shape index (κ1) is 30.1. The summed E-state index contributed by atoms with van der Waals surface area (Å²) in [7, 11) is -3.57. The van der Waals surface area contributed by atoms with Gasteiger partial charge in [-0.25, -0.2) is 9.59 Å². The highest BCUT2D eigenvalue weighted by atomic mass is 32.2. The number of esters is 2. The molecular formula is C21H39NO9S. The molecule has 0 aromatic heterocycles. The van der Waals surface area contributed by atoms with Gasteiger partial charge in [0.2, 0.25) is 0 Å². The Morgan fingerprint density at radius 3 is 1.91 bits per heavy atom. The molecule has 0 fully saturated rings. The molecule has 0 rings (SSSR count). The SMILES string of the molecule is CCOC(=O)C(CCCOS(C)(=O)=O)CC[C@H](NC(=O)OC(C)(C)C)C(=O)OC(C)(C)C. The minimum atomic E-state index is -3.57. The number of rotatable bonds is 12. The Balaban J connectivity index is 5.25. The van der Waals surface area contributed by atoms with Gasteiger partial charge in [0.1, 0.15) is 17.2 Å². The van der Waals surface area contributed by atoms with Crippen LogP contribution in [-0.4, -0.2) is 63.2 Å². The monoisotopic (exact) mass is 481 g/mol. The van der Waals surface area contributed by atoms with Gasteiger partial charge in [-0.3, -0.25) is 8.98 Å². The number of amides is 1. The average Bonchev–Trinajstić information content (AvgIpc) is 2.55. The Hall–Kier alpha value is -1.88. The summed E-state index contributed by atoms with van der Waals surface area (Å²) in [5, 5.41) is 2.52. The highest BCUT2D eigenvalue weighted by Crippen LogP contribution is 2.20. The zero-order valence-electron chi connectivity index (χ0n) is 20.5. The summed E-state index contributed by atoms with van der Waals surface area (Å²) < 4.78 is 42.6. The van der Waals surface area contributed by atoms with Gasteiger partial charge in [-0.05, 0) is 74.1 Å². The van der Waals surface area contributed by atoms with Gasteiger partial charge in [0.15, 0.2) is 0 Å². The Morgan fingerprint density at radius 1 is 0.875 bits per heavy atom. The van der Waals surface area contributed by atoms with Gasteiger partial charge in [0.05, 0.1) is 25.4 Å². The molecule has 0 aliphatic carbocycles. The van der Waals surface area contributed by atoms with Gasteiger partial charge in [-0.15, -0.1) is 0 Å². The Labute approximate surface area is 191 Å². The second kappa shape index (κ2) is 13.0. The van der Waals surface area contributed by atoms with Crippen LogP contribution in [0, 0.1) is 5.92 Å². The Kier molecular flexibility index (Phi) is 12.2. The quantitative estimate of drug-likeness (QED) is 0.193. The van der Waals surface area contributed by atoms with Gasteiger partial charge in [-0.2, -0.15) is 8.42 Å². The fourth-order valence-corrected chi connectivity index (χ4v) is 3.04. The van der Waals surface area contributed by atoms with E-state index in [4.69, 9.17) is 18.4 Å². The molecule has 1 amide bonds. The molecule has 0 bridgehead atoms. The van der Waals surface area contributed by atoms with E-state index < -0.39 is 51.3 Å². The van der Waals surface area contributed by atoms with E-state index in [2.05, 4.69) is 5.32 Å². The van der Waals surface area contributed by atoms with E-state index in [0.29, 0.717) is 12.8 Å². The molecule has 0 aliphatic heterocycles. The molecule has 0 saturated heterocycles. The van der Waals surface area contributed by atoms with Crippen LogP contribution in [0.15, 0.2) is 0 Å². The highest BCUT2D eigenvalue weighted by Gasteiger charge is 2.30. The minimum absolute atomic E-state index is 0.0691. The maximum absolute atomic E-state index is 12.6. The molecule has 0 heterocycles. The number of carbonyl (C=O) groups excluding carboxylic acids is 3. The minimum Gasteiger partial charge on any atom is -0.466 e. The van der Waals surface area contributed by atoms with E-state index in [9.17, 15) is 22.8 Å². The van der Waals surface area contributed by atoms with Crippen molar-refractivity contribution in [3.8, 4) is 0 Å². The van der Waals surface area contributed by atoms with Crippen molar-refractivity contribution in [2.24, 2.45) is 5.92 Å². The van der Waals surface area contributed by atoms with Crippen LogP contribution in [-0.2, 0) is 38.1 Å². The second-order valence-corrected chi connectivity index (χ2v) is 11.1. The van der Waals surface area contributed by atoms with Crippen molar-refractivity contribution in [3.05, 3.63) is 0 Å². The molecule has 1 N–H and O–H groups in total. The van der Waals surface area contributed by atoms with Gasteiger partial charge < -0.3 is 19.5 Å². The molecule has 10 nitrogen and oxygen atoms in total. The van der Waals surface area contributed by atoms with Gasteiger partial charge in [-0.1, -0.05) is 0 Å². The summed E-state index contributed by atoms with van der Waals surface area (Å²) in [5.41, 5.74) is -1.52. The average molecular weight is 482 g/mol. The van der Waals surface area contributed by atoms with E-state index in [1.165, 1.54) is 0 Å². The number of hydrogen-bond acceptors (Lipinski definition) is 9. The fourth-order valence-electron chi connectivity index (χ4n) is 2.62. The maximum atomic E-state index is 12.6. The lowest BCUT2D eigenvalue weighted by Crippen LogP contribution is -2.46. The van der Waals surface area contributed by atoms with Crippen molar-refractivity contribution >= 4 is 28.1 Å². The summed E-state index contributed by atoms with van der Waals surface area (Å²) in [4.78, 5) is 37.2. The van der Waals surface area contributed by atoms with E-state index in [-0.39, 0.29) is 26.1 Å². The third kappa shape index (κ3) is 15.9. The smallest absolute Gasteiger partial charge is 0.408 e. The first-order valence-electron chi connectivity index (χ1n) is 10.7. The van der Waals surface area contributed by atoms with Crippen molar-refractivity contribution in [2.75, 3.05) is 19.5 Å². The number of nitrogens with one attached hydrogen (secondary N) is 1. The van der Waals surface area contributed by atoms with Crippen LogP contribution in [0.3, 0.4) is 0 Å². The zero-order valence-corrected chi connectivity index (χ0v) is 21.3. The molecule has 0 aromatic rings. The molecule has 0 radical (unpaired) electrons. The summed E-state index contributed by atoms with van der Waals surface area (Å²) in [5.74, 6) is -1.72. The third-order valence-corrected chi connectivity index (χ3v) is 4.40. The van der Waals surface area contributed by atoms with Crippen LogP contribution in [0.25, 0.3) is 0 Å². The van der Waals surface area contributed by atoms with Crippen LogP contribution >= 0.6 is 0 Å². The lowest BCUT2D eigenvalue weighted by Gasteiger charge is -2.27. The van der Waals surface area contributed by atoms with Gasteiger partial charge in [0, 0.05) is 0 Å². The number of alkyl carbamates (subject to hydrolysis) is 1. The first-order valence-corrected chi connectivity index (χ1v) is 12.5. The zero-order chi connectivity index (χ0) is 25.2. The topological polar surface area (TPSA) is 134 Å². The molecule has 2 atom stereocenters. The molecule has 0 spiro atoms. The number of hydrogen-bond donors (Lipinski definition) is 1. The lowest BCUT2D eigenvalue weighted by atomic mass is 9.95. The number of carbonyl (C=O) groups is 3. The summed E-state index contributed by atoms with van der Waals surface area (Å²) >= 11 is 0. The van der Waals surface area contributed by atoms with Crippen LogP contribution < -0.4 is 5.32 Å². The lowest BCUT2D eigenvalue weighted by molar-refractivity contribution is -0.158. The Bertz CT molecular complexity index is 721. The van der Waals surface area contributed by atoms with E-state index in [0.717, 1.165) is 6.26 Å². The molecule has 11 heteroatoms. The Morgan fingerprint density at radius 2 is 1.44 bits per heavy atom. The van der Waals surface area contributed by atoms with Crippen LogP contribution in [0.1, 0.15) is 74.1 Å². The first-order chi connectivity index (χ1) is 14.4. The maximum Gasteiger partial charge on any atom is 0.408 e. The standard InChI is InChI=1S/C21H39NO9S/c1-9-28-17(23)15(11-10-14-29-32(8,26)27)12-13-16(18(24)30-20(2,3)4)22-19(25)31-21(5,6)7/h15-16H,9-14H2,1-8H3,(H,22,25)/t15?,16-/m0/s1. The summed E-state index contributed by atoms with van der Waals surface area (Å²) in [6, 6.07) is -1.03. The second-order valence-electron chi connectivity index (χ2n) is 9.43. The predicted octanol–water partition coefficient (Wildman–Crippen LogP) is 2.94. The van der Waals surface area contributed by atoms with Crippen molar-refractivity contribution in [1.29, 1.82) is 0 Å². The van der Waals surface area contributed by atoms with Crippen molar-refractivity contribution in [3.63, 3.8) is 0 Å². The molecule has 1 unspecified atom stereocenters. The van der Waals surface area contributed by atoms with Crippen LogP contribution in [0.5, 0.6) is 0 Å². The highest BCUT2D eigenvalue weighted by molar-refractivity contribution is 7.85. The molecule has 0 saturated carbocycles. The molecule has 0 aromatic carbocycles. The third-order valence-electron chi connectivity index (χ3n) is 3.80. The molecule has 32 heavy (non-hydrogen) atoms. The largest absolute Gasteiger partial charge is 0.466 e. The fraction of sp³-hybridized carbons (Fsp3) is 0.857. The van der Waals surface area contributed by atoms with Crippen molar-refractivity contribution < 1.29 is 41.2 Å². The summed E-state index contributed by atoms with van der Waals surface area (Å²) in [6.07, 6.45) is 1.07. The van der Waals surface area contributed by atoms with E-state index in [1.54, 1.807) is 48.5 Å². The van der Waals surface area contributed by atoms with E-state index in [1.807, 2.05) is 0 Å². The van der Waals surface area contributed by atoms with Gasteiger partial charge in [0.25, 0.3) is 10.1 Å². The molecule has 188 valence electrons. The van der Waals surface area contributed by atoms with Crippen molar-refractivity contribution in [1.82, 2.24) is 5.32 Å². The van der Waals surface area contributed by atoms with Crippen LogP contribution in [0.4, 0.5) is 4.79 Å². The molecular weight excluding hydrogens is 442 g/mol. The normalized spacial score (nSPS) is 14.2. The number of ether oxygens (including phenoxy) is 3. The molecule has 0 aliphatic rings. The van der Waals surface area contributed by atoms with E-state index >= 15 is 0 Å². The van der Waals surface area contributed by atoms with Crippen LogP contribution in [0.2, 0.25) is 0 Å².